The molecule has 1 aromatic heterocycles. The number of halogens is 1. The normalized spacial score (nSPS) is 11.2. The molecule has 0 saturated heterocycles. The predicted octanol–water partition coefficient (Wildman–Crippen LogP) is 3.78. The Morgan fingerprint density at radius 2 is 2.03 bits per heavy atom. The highest BCUT2D eigenvalue weighted by atomic mass is 127. The third-order valence-corrected chi connectivity index (χ3v) is 4.44. The Kier molecular flexibility index (Phi) is 10.3. The van der Waals surface area contributed by atoms with Crippen LogP contribution in [0.2, 0.25) is 0 Å². The van der Waals surface area contributed by atoms with Crippen LogP contribution >= 0.6 is 24.0 Å². The van der Waals surface area contributed by atoms with Crippen molar-refractivity contribution < 1.29 is 9.47 Å². The molecule has 29 heavy (non-hydrogen) atoms. The Balaban J connectivity index is 0.00000420. The minimum atomic E-state index is 0. The highest BCUT2D eigenvalue weighted by Crippen LogP contribution is 2.28. The number of hydrogen-bond acceptors (Lipinski definition) is 4. The highest BCUT2D eigenvalue weighted by Gasteiger charge is 2.15. The fourth-order valence-corrected chi connectivity index (χ4v) is 3.16. The first-order chi connectivity index (χ1) is 13.4. The van der Waals surface area contributed by atoms with Crippen molar-refractivity contribution in [2.45, 2.75) is 39.8 Å². The van der Waals surface area contributed by atoms with E-state index in [1.54, 1.807) is 14.2 Å². The van der Waals surface area contributed by atoms with E-state index >= 15 is 0 Å². The van der Waals surface area contributed by atoms with Gasteiger partial charge in [0, 0.05) is 46.0 Å². The van der Waals surface area contributed by atoms with Crippen LogP contribution in [0, 0.1) is 0 Å². The second kappa shape index (κ2) is 11.9. The molecule has 1 N–H and O–H groups in total. The van der Waals surface area contributed by atoms with Crippen molar-refractivity contribution in [2.24, 2.45) is 12.0 Å². The lowest BCUT2D eigenvalue weighted by molar-refractivity contribution is 0.310. The van der Waals surface area contributed by atoms with Gasteiger partial charge in [0.15, 0.2) is 17.5 Å². The summed E-state index contributed by atoms with van der Waals surface area (Å²) < 4.78 is 12.9. The highest BCUT2D eigenvalue weighted by molar-refractivity contribution is 14.0. The van der Waals surface area contributed by atoms with Crippen LogP contribution in [0.25, 0.3) is 0 Å². The quantitative estimate of drug-likeness (QED) is 0.330. The van der Waals surface area contributed by atoms with Crippen LogP contribution < -0.4 is 14.8 Å². The number of nitrogens with zero attached hydrogens (tertiary/aromatic N) is 4. The number of aryl methyl sites for hydroxylation is 1. The van der Waals surface area contributed by atoms with E-state index in [0.717, 1.165) is 35.3 Å². The van der Waals surface area contributed by atoms with Crippen LogP contribution in [0.1, 0.15) is 43.5 Å². The standard InChI is InChI=1S/C21H33N5O2.HI/c1-8-28-19-11-16(9-10-18(19)27-7)12-23-21(22-4)25(5)13-17-14-26(6)24-20(17)15(2)3;/h9-11,14-15H,8,12-13H2,1-7H3,(H,22,23);1H. The molecule has 0 unspecified atom stereocenters. The van der Waals surface area contributed by atoms with Crippen molar-refractivity contribution in [3.63, 3.8) is 0 Å². The Hall–Kier alpha value is -1.97. The summed E-state index contributed by atoms with van der Waals surface area (Å²) in [6.07, 6.45) is 2.08. The lowest BCUT2D eigenvalue weighted by Crippen LogP contribution is -2.38. The molecule has 1 aromatic carbocycles. The third-order valence-electron chi connectivity index (χ3n) is 4.44. The van der Waals surface area contributed by atoms with E-state index in [0.29, 0.717) is 19.1 Å². The molecule has 0 aliphatic heterocycles. The van der Waals surface area contributed by atoms with Crippen LogP contribution in [-0.2, 0) is 20.1 Å². The van der Waals surface area contributed by atoms with Gasteiger partial charge in [-0.15, -0.1) is 24.0 Å². The van der Waals surface area contributed by atoms with Crippen LogP contribution in [0.5, 0.6) is 11.5 Å². The lowest BCUT2D eigenvalue weighted by atomic mass is 10.1. The molecule has 0 bridgehead atoms. The van der Waals surface area contributed by atoms with E-state index in [4.69, 9.17) is 9.47 Å². The maximum Gasteiger partial charge on any atom is 0.193 e. The van der Waals surface area contributed by atoms with Crippen molar-refractivity contribution in [1.29, 1.82) is 0 Å². The number of guanidine groups is 1. The van der Waals surface area contributed by atoms with E-state index < -0.39 is 0 Å². The van der Waals surface area contributed by atoms with Crippen molar-refractivity contribution in [1.82, 2.24) is 20.0 Å². The van der Waals surface area contributed by atoms with Gasteiger partial charge in [-0.05, 0) is 30.5 Å². The van der Waals surface area contributed by atoms with Crippen molar-refractivity contribution in [3.05, 3.63) is 41.2 Å². The Labute approximate surface area is 191 Å². The summed E-state index contributed by atoms with van der Waals surface area (Å²) >= 11 is 0. The summed E-state index contributed by atoms with van der Waals surface area (Å²) in [5, 5.41) is 8.01. The molecule has 2 aromatic rings. The summed E-state index contributed by atoms with van der Waals surface area (Å²) in [4.78, 5) is 6.53. The van der Waals surface area contributed by atoms with Crippen LogP contribution in [0.15, 0.2) is 29.4 Å². The average molecular weight is 515 g/mol. The molecule has 0 fully saturated rings. The summed E-state index contributed by atoms with van der Waals surface area (Å²) in [7, 11) is 7.44. The molecule has 7 nitrogen and oxygen atoms in total. The van der Waals surface area contributed by atoms with Gasteiger partial charge in [-0.2, -0.15) is 5.10 Å². The summed E-state index contributed by atoms with van der Waals surface area (Å²) in [6.45, 7) is 8.28. The van der Waals surface area contributed by atoms with Crippen LogP contribution in [0.4, 0.5) is 0 Å². The molecule has 2 rings (SSSR count). The maximum atomic E-state index is 5.66. The predicted molar refractivity (Wildman–Crippen MR) is 129 cm³/mol. The van der Waals surface area contributed by atoms with Gasteiger partial charge in [-0.25, -0.2) is 0 Å². The van der Waals surface area contributed by atoms with Gasteiger partial charge < -0.3 is 19.7 Å². The van der Waals surface area contributed by atoms with Gasteiger partial charge in [0.1, 0.15) is 0 Å². The molecule has 8 heteroatoms. The van der Waals surface area contributed by atoms with Gasteiger partial charge in [0.2, 0.25) is 0 Å². The van der Waals surface area contributed by atoms with Crippen molar-refractivity contribution in [3.8, 4) is 11.5 Å². The fraction of sp³-hybridized carbons (Fsp3) is 0.524. The number of aromatic nitrogens is 2. The maximum absolute atomic E-state index is 5.66. The smallest absolute Gasteiger partial charge is 0.193 e. The van der Waals surface area contributed by atoms with E-state index in [-0.39, 0.29) is 24.0 Å². The number of ether oxygens (including phenoxy) is 2. The Bertz CT molecular complexity index is 804. The van der Waals surface area contributed by atoms with Gasteiger partial charge in [0.25, 0.3) is 0 Å². The second-order valence-corrected chi connectivity index (χ2v) is 7.04. The van der Waals surface area contributed by atoms with E-state index in [1.165, 1.54) is 5.56 Å². The number of methoxy groups -OCH3 is 1. The SMILES string of the molecule is CCOc1cc(CNC(=NC)N(C)Cc2cn(C)nc2C(C)C)ccc1OC.I. The topological polar surface area (TPSA) is 63.9 Å². The van der Waals surface area contributed by atoms with E-state index in [9.17, 15) is 0 Å². The third kappa shape index (κ3) is 6.80. The molecule has 0 aliphatic rings. The zero-order valence-electron chi connectivity index (χ0n) is 18.5. The Morgan fingerprint density at radius 1 is 1.31 bits per heavy atom. The number of aliphatic imine (C=N–C) groups is 1. The molecule has 0 aliphatic carbocycles. The number of nitrogens with one attached hydrogen (secondary N) is 1. The molecule has 0 saturated carbocycles. The molecular formula is C21H34IN5O2. The first-order valence-corrected chi connectivity index (χ1v) is 9.63. The summed E-state index contributed by atoms with van der Waals surface area (Å²) in [5.41, 5.74) is 3.44. The second-order valence-electron chi connectivity index (χ2n) is 7.04. The first kappa shape index (κ1) is 25.1. The van der Waals surface area contributed by atoms with Crippen molar-refractivity contribution >= 4 is 29.9 Å². The number of rotatable bonds is 8. The fourth-order valence-electron chi connectivity index (χ4n) is 3.16. The molecule has 0 amide bonds. The first-order valence-electron chi connectivity index (χ1n) is 9.63. The molecular weight excluding hydrogens is 481 g/mol. The monoisotopic (exact) mass is 515 g/mol. The van der Waals surface area contributed by atoms with E-state index in [1.807, 2.05) is 43.9 Å². The summed E-state index contributed by atoms with van der Waals surface area (Å²) in [5.74, 6) is 2.71. The number of hydrogen-bond donors (Lipinski definition) is 1. The molecule has 162 valence electrons. The zero-order chi connectivity index (χ0) is 20.7. The molecule has 1 heterocycles. The average Bonchev–Trinajstić information content (AvgIpc) is 3.03. The lowest BCUT2D eigenvalue weighted by Gasteiger charge is -2.22. The minimum absolute atomic E-state index is 0. The minimum Gasteiger partial charge on any atom is -0.493 e. The van der Waals surface area contributed by atoms with Crippen LogP contribution in [-0.4, -0.2) is 48.5 Å². The van der Waals surface area contributed by atoms with Gasteiger partial charge in [0.05, 0.1) is 19.4 Å². The van der Waals surface area contributed by atoms with Gasteiger partial charge >= 0.3 is 0 Å². The van der Waals surface area contributed by atoms with Crippen LogP contribution in [0.3, 0.4) is 0 Å². The molecule has 0 spiro atoms. The van der Waals surface area contributed by atoms with Gasteiger partial charge in [-0.3, -0.25) is 9.67 Å². The van der Waals surface area contributed by atoms with Crippen molar-refractivity contribution in [2.75, 3.05) is 27.8 Å². The zero-order valence-corrected chi connectivity index (χ0v) is 20.9. The molecule has 0 radical (unpaired) electrons. The van der Waals surface area contributed by atoms with Gasteiger partial charge in [-0.1, -0.05) is 19.9 Å². The molecule has 0 atom stereocenters. The Morgan fingerprint density at radius 3 is 2.62 bits per heavy atom. The van der Waals surface area contributed by atoms with E-state index in [2.05, 4.69) is 40.4 Å². The largest absolute Gasteiger partial charge is 0.493 e. The number of benzene rings is 1. The summed E-state index contributed by atoms with van der Waals surface area (Å²) in [6, 6.07) is 5.96.